The van der Waals surface area contributed by atoms with Gasteiger partial charge in [0, 0.05) is 35.1 Å². The summed E-state index contributed by atoms with van der Waals surface area (Å²) in [5, 5.41) is 25.5. The molecule has 0 heterocycles. The van der Waals surface area contributed by atoms with E-state index >= 15 is 0 Å². The number of guanidine groups is 1. The van der Waals surface area contributed by atoms with Crippen molar-refractivity contribution in [2.24, 2.45) is 0 Å². The van der Waals surface area contributed by atoms with Crippen molar-refractivity contribution < 1.29 is 19.2 Å². The summed E-state index contributed by atoms with van der Waals surface area (Å²) >= 11 is -1.66. The number of hydrogen-bond acceptors (Lipinski definition) is 4. The van der Waals surface area contributed by atoms with E-state index in [9.17, 15) is 19.2 Å². The molecule has 0 saturated carbocycles. The number of carboxylic acids is 1. The second-order valence-electron chi connectivity index (χ2n) is 8.70. The van der Waals surface area contributed by atoms with E-state index in [1.54, 1.807) is 72.8 Å². The van der Waals surface area contributed by atoms with Crippen LogP contribution < -0.4 is 16.0 Å². The third-order valence-electron chi connectivity index (χ3n) is 5.82. The van der Waals surface area contributed by atoms with Crippen molar-refractivity contribution >= 4 is 40.4 Å². The number of carboxylic acid groups (broad SMARTS) is 1. The standard InChI is InChI=1S/C30H28N4O4S/c31-30(32-20-21-9-3-1-4-10-21)34-24-14-7-13-23(17-24)29(37)33-25-15-8-16-26(18-25)39(38)27(19-28(35)36)22-11-5-2-6-12-22/h1-18,27H,19-20H2,(H,33,37)(H,35,36)(H3,31,32,34). The minimum absolute atomic E-state index is 0.0981. The van der Waals surface area contributed by atoms with E-state index in [4.69, 9.17) is 5.41 Å². The van der Waals surface area contributed by atoms with Crippen LogP contribution in [-0.4, -0.2) is 27.5 Å². The maximum Gasteiger partial charge on any atom is 0.308 e. The smallest absolute Gasteiger partial charge is 0.308 e. The molecule has 2 atom stereocenters. The van der Waals surface area contributed by atoms with Crippen LogP contribution >= 0.6 is 0 Å². The number of carbonyl (C=O) groups excluding carboxylic acids is 1. The van der Waals surface area contributed by atoms with Crippen molar-refractivity contribution in [3.8, 4) is 0 Å². The quantitative estimate of drug-likeness (QED) is 0.104. The number of nitrogens with one attached hydrogen (secondary N) is 4. The van der Waals surface area contributed by atoms with Gasteiger partial charge in [0.25, 0.3) is 5.91 Å². The van der Waals surface area contributed by atoms with Gasteiger partial charge in [-0.15, -0.1) is 0 Å². The molecule has 0 fully saturated rings. The van der Waals surface area contributed by atoms with E-state index in [2.05, 4.69) is 16.0 Å². The van der Waals surface area contributed by atoms with Gasteiger partial charge in [-0.05, 0) is 47.1 Å². The number of hydrogen-bond donors (Lipinski definition) is 5. The maximum atomic E-state index is 13.4. The van der Waals surface area contributed by atoms with Crippen LogP contribution in [0.3, 0.4) is 0 Å². The molecule has 0 aliphatic rings. The molecular weight excluding hydrogens is 512 g/mol. The number of anilines is 2. The van der Waals surface area contributed by atoms with Gasteiger partial charge in [-0.2, -0.15) is 0 Å². The molecule has 198 valence electrons. The summed E-state index contributed by atoms with van der Waals surface area (Å²) in [6.07, 6.45) is -0.289. The molecule has 0 spiro atoms. The van der Waals surface area contributed by atoms with Crippen LogP contribution in [0.25, 0.3) is 0 Å². The van der Waals surface area contributed by atoms with E-state index < -0.39 is 22.4 Å². The van der Waals surface area contributed by atoms with Crippen molar-refractivity contribution in [3.05, 3.63) is 126 Å². The van der Waals surface area contributed by atoms with Gasteiger partial charge < -0.3 is 25.6 Å². The predicted molar refractivity (Wildman–Crippen MR) is 153 cm³/mol. The van der Waals surface area contributed by atoms with Crippen molar-refractivity contribution in [1.29, 1.82) is 5.41 Å². The van der Waals surface area contributed by atoms with E-state index in [1.165, 1.54) is 0 Å². The third-order valence-corrected chi connectivity index (χ3v) is 7.49. The van der Waals surface area contributed by atoms with E-state index in [1.807, 2.05) is 36.4 Å². The second kappa shape index (κ2) is 13.3. The molecule has 2 unspecified atom stereocenters. The van der Waals surface area contributed by atoms with Gasteiger partial charge in [0.1, 0.15) is 0 Å². The molecule has 0 bridgehead atoms. The van der Waals surface area contributed by atoms with E-state index in [0.29, 0.717) is 33.9 Å². The van der Waals surface area contributed by atoms with Gasteiger partial charge in [-0.1, -0.05) is 72.8 Å². The monoisotopic (exact) mass is 540 g/mol. The van der Waals surface area contributed by atoms with Crippen LogP contribution in [-0.2, 0) is 22.5 Å². The van der Waals surface area contributed by atoms with Crippen molar-refractivity contribution in [2.45, 2.75) is 23.1 Å². The molecular formula is C30H28N4O4S. The van der Waals surface area contributed by atoms with Crippen LogP contribution in [0.5, 0.6) is 0 Å². The van der Waals surface area contributed by atoms with E-state index in [0.717, 1.165) is 5.56 Å². The van der Waals surface area contributed by atoms with Crippen LogP contribution in [0, 0.1) is 5.41 Å². The summed E-state index contributed by atoms with van der Waals surface area (Å²) in [6, 6.07) is 32.0. The fourth-order valence-electron chi connectivity index (χ4n) is 3.92. The van der Waals surface area contributed by atoms with Gasteiger partial charge >= 0.3 is 5.97 Å². The first-order valence-electron chi connectivity index (χ1n) is 12.2. The zero-order chi connectivity index (χ0) is 27.6. The SMILES string of the molecule is N=C(NCc1ccccc1)Nc1cccc(C(=O)Nc2cccc([S+]([O-])C(CC(=O)O)c3ccccc3)c2)c1. The molecule has 4 aromatic rings. The lowest BCUT2D eigenvalue weighted by atomic mass is 10.1. The summed E-state index contributed by atoms with van der Waals surface area (Å²) in [6.45, 7) is 0.488. The molecule has 0 aliphatic carbocycles. The summed E-state index contributed by atoms with van der Waals surface area (Å²) in [4.78, 5) is 24.9. The Labute approximate surface area is 229 Å². The maximum absolute atomic E-state index is 13.4. The Balaban J connectivity index is 1.41. The van der Waals surface area contributed by atoms with Crippen LogP contribution in [0.4, 0.5) is 11.4 Å². The van der Waals surface area contributed by atoms with Gasteiger partial charge in [0.15, 0.2) is 16.1 Å². The zero-order valence-corrected chi connectivity index (χ0v) is 21.8. The van der Waals surface area contributed by atoms with Gasteiger partial charge in [-0.25, -0.2) is 0 Å². The molecule has 4 rings (SSSR count). The normalized spacial score (nSPS) is 12.1. The van der Waals surface area contributed by atoms with Crippen LogP contribution in [0.1, 0.15) is 33.2 Å². The highest BCUT2D eigenvalue weighted by Crippen LogP contribution is 2.33. The first kappa shape index (κ1) is 27.4. The van der Waals surface area contributed by atoms with Gasteiger partial charge in [0.2, 0.25) is 0 Å². The lowest BCUT2D eigenvalue weighted by Crippen LogP contribution is -2.29. The van der Waals surface area contributed by atoms with Crippen molar-refractivity contribution in [2.75, 3.05) is 10.6 Å². The fraction of sp³-hybridized carbons (Fsp3) is 0.100. The van der Waals surface area contributed by atoms with Gasteiger partial charge in [-0.3, -0.25) is 15.0 Å². The minimum atomic E-state index is -1.66. The van der Waals surface area contributed by atoms with Crippen LogP contribution in [0.2, 0.25) is 0 Å². The highest BCUT2D eigenvalue weighted by molar-refractivity contribution is 7.91. The number of aliphatic carboxylic acids is 1. The topological polar surface area (TPSA) is 137 Å². The summed E-state index contributed by atoms with van der Waals surface area (Å²) in [5.41, 5.74) is 3.08. The first-order chi connectivity index (χ1) is 18.9. The Morgan fingerprint density at radius 3 is 2.15 bits per heavy atom. The zero-order valence-electron chi connectivity index (χ0n) is 21.0. The van der Waals surface area contributed by atoms with Crippen molar-refractivity contribution in [3.63, 3.8) is 0 Å². The molecule has 1 amide bonds. The third kappa shape index (κ3) is 7.94. The number of benzene rings is 4. The predicted octanol–water partition coefficient (Wildman–Crippen LogP) is 5.40. The molecule has 39 heavy (non-hydrogen) atoms. The Morgan fingerprint density at radius 2 is 1.46 bits per heavy atom. The molecule has 9 heteroatoms. The average molecular weight is 541 g/mol. The Morgan fingerprint density at radius 1 is 0.821 bits per heavy atom. The minimum Gasteiger partial charge on any atom is -0.611 e. The molecule has 0 aliphatic heterocycles. The lowest BCUT2D eigenvalue weighted by molar-refractivity contribution is -0.137. The molecule has 5 N–H and O–H groups in total. The Bertz CT molecular complexity index is 1430. The van der Waals surface area contributed by atoms with Crippen LogP contribution in [0.15, 0.2) is 114 Å². The Hall–Kier alpha value is -4.60. The number of rotatable bonds is 10. The highest BCUT2D eigenvalue weighted by Gasteiger charge is 2.29. The second-order valence-corrected chi connectivity index (χ2v) is 10.3. The lowest BCUT2D eigenvalue weighted by Gasteiger charge is -2.21. The van der Waals surface area contributed by atoms with Crippen molar-refractivity contribution in [1.82, 2.24) is 5.32 Å². The summed E-state index contributed by atoms with van der Waals surface area (Å²) < 4.78 is 13.4. The largest absolute Gasteiger partial charge is 0.611 e. The highest BCUT2D eigenvalue weighted by atomic mass is 32.2. The summed E-state index contributed by atoms with van der Waals surface area (Å²) in [7, 11) is 0. The molecule has 8 nitrogen and oxygen atoms in total. The summed E-state index contributed by atoms with van der Waals surface area (Å²) in [5.74, 6) is -1.32. The number of amides is 1. The average Bonchev–Trinajstić information content (AvgIpc) is 2.95. The molecule has 0 aromatic heterocycles. The fourth-order valence-corrected chi connectivity index (χ4v) is 5.41. The Kier molecular flexibility index (Phi) is 9.34. The van der Waals surface area contributed by atoms with E-state index in [-0.39, 0.29) is 18.3 Å². The molecule has 4 aromatic carbocycles. The first-order valence-corrected chi connectivity index (χ1v) is 13.4. The number of carbonyl (C=O) groups is 2. The van der Waals surface area contributed by atoms with Gasteiger partial charge in [0.05, 0.1) is 6.42 Å². The molecule has 0 radical (unpaired) electrons. The molecule has 0 saturated heterocycles.